The second-order valence-corrected chi connectivity index (χ2v) is 9.42. The number of pyridine rings is 1. The molecule has 0 saturated heterocycles. The van der Waals surface area contributed by atoms with E-state index in [9.17, 15) is 9.90 Å². The second kappa shape index (κ2) is 8.58. The highest BCUT2D eigenvalue weighted by Gasteiger charge is 2.48. The summed E-state index contributed by atoms with van der Waals surface area (Å²) in [7, 11) is 0. The van der Waals surface area contributed by atoms with Crippen LogP contribution in [0.4, 0.5) is 5.69 Å². The topological polar surface area (TPSA) is 62.2 Å². The molecule has 31 heavy (non-hydrogen) atoms. The van der Waals surface area contributed by atoms with Crippen LogP contribution in [0, 0.1) is 12.8 Å². The molecule has 0 spiro atoms. The zero-order chi connectivity index (χ0) is 22.1. The maximum absolute atomic E-state index is 12.9. The Morgan fingerprint density at radius 3 is 2.84 bits per heavy atom. The van der Waals surface area contributed by atoms with Gasteiger partial charge in [-0.25, -0.2) is 0 Å². The van der Waals surface area contributed by atoms with E-state index in [-0.39, 0.29) is 11.3 Å². The third-order valence-electron chi connectivity index (χ3n) is 7.61. The number of hydrogen-bond acceptors (Lipinski definition) is 3. The molecule has 4 nitrogen and oxygen atoms in total. The number of aromatic nitrogens is 1. The lowest BCUT2D eigenvalue weighted by molar-refractivity contribution is -0.0520. The van der Waals surface area contributed by atoms with E-state index in [2.05, 4.69) is 42.4 Å². The standard InChI is InChI=1S/C27H34N2O2/c1-4-13-26(31)14-15-27(5-2)22(18-26)9-6-8-20-17-21(11-12-23(20)27)25(30)29-24-10-7-16-28-19(24)3/h6-8,10-12,16-17,22,31H,4-5,9,13-15,18H2,1-3H3,(H,29,30). The van der Waals surface area contributed by atoms with Crippen molar-refractivity contribution in [3.63, 3.8) is 0 Å². The number of carbonyl (C=O) groups excluding carboxylic acids is 1. The van der Waals surface area contributed by atoms with Crippen molar-refractivity contribution < 1.29 is 9.90 Å². The second-order valence-electron chi connectivity index (χ2n) is 9.42. The van der Waals surface area contributed by atoms with Crippen LogP contribution in [0.15, 0.2) is 42.6 Å². The highest BCUT2D eigenvalue weighted by molar-refractivity contribution is 6.05. The first-order valence-corrected chi connectivity index (χ1v) is 11.7. The summed E-state index contributed by atoms with van der Waals surface area (Å²) in [5.74, 6) is 0.317. The number of nitrogens with zero attached hydrogens (tertiary/aromatic N) is 1. The Bertz CT molecular complexity index is 998. The average molecular weight is 419 g/mol. The van der Waals surface area contributed by atoms with Crippen LogP contribution in [0.1, 0.15) is 86.0 Å². The highest BCUT2D eigenvalue weighted by atomic mass is 16.3. The molecule has 2 aliphatic rings. The van der Waals surface area contributed by atoms with Crippen molar-refractivity contribution in [3.05, 3.63) is 65.0 Å². The molecule has 0 aliphatic heterocycles. The lowest BCUT2D eigenvalue weighted by Gasteiger charge is -2.50. The first kappa shape index (κ1) is 21.8. The zero-order valence-electron chi connectivity index (χ0n) is 18.9. The van der Waals surface area contributed by atoms with Crippen molar-refractivity contribution in [1.82, 2.24) is 4.98 Å². The minimum Gasteiger partial charge on any atom is -0.390 e. The molecule has 4 rings (SSSR count). The molecule has 2 aliphatic carbocycles. The maximum atomic E-state index is 12.9. The highest BCUT2D eigenvalue weighted by Crippen LogP contribution is 2.53. The summed E-state index contributed by atoms with van der Waals surface area (Å²) >= 11 is 0. The van der Waals surface area contributed by atoms with E-state index in [1.165, 1.54) is 5.56 Å². The van der Waals surface area contributed by atoms with Gasteiger partial charge in [0.15, 0.2) is 0 Å². The van der Waals surface area contributed by atoms with Crippen molar-refractivity contribution in [3.8, 4) is 0 Å². The number of rotatable bonds is 5. The van der Waals surface area contributed by atoms with Crippen molar-refractivity contribution >= 4 is 17.7 Å². The molecule has 3 atom stereocenters. The number of anilines is 1. The quantitative estimate of drug-likeness (QED) is 0.622. The van der Waals surface area contributed by atoms with E-state index in [1.54, 1.807) is 6.20 Å². The zero-order valence-corrected chi connectivity index (χ0v) is 18.9. The van der Waals surface area contributed by atoms with Crippen LogP contribution in [0.3, 0.4) is 0 Å². The predicted octanol–water partition coefficient (Wildman–Crippen LogP) is 6.04. The first-order chi connectivity index (χ1) is 14.9. The molecule has 1 aromatic carbocycles. The summed E-state index contributed by atoms with van der Waals surface area (Å²) in [6.45, 7) is 6.32. The number of allylic oxidation sites excluding steroid dienone is 1. The molecule has 1 amide bonds. The van der Waals surface area contributed by atoms with Gasteiger partial charge in [-0.3, -0.25) is 9.78 Å². The molecule has 2 aromatic rings. The van der Waals surface area contributed by atoms with Crippen LogP contribution in [0.25, 0.3) is 6.08 Å². The fourth-order valence-corrected chi connectivity index (χ4v) is 5.89. The molecule has 2 N–H and O–H groups in total. The van der Waals surface area contributed by atoms with Crippen molar-refractivity contribution in [2.45, 2.75) is 76.7 Å². The number of carbonyl (C=O) groups is 1. The van der Waals surface area contributed by atoms with Gasteiger partial charge in [-0.05, 0) is 92.2 Å². The third kappa shape index (κ3) is 4.06. The van der Waals surface area contributed by atoms with Crippen LogP contribution < -0.4 is 5.32 Å². The molecule has 1 fully saturated rings. The van der Waals surface area contributed by atoms with Crippen LogP contribution in [-0.4, -0.2) is 21.6 Å². The van der Waals surface area contributed by atoms with E-state index in [0.29, 0.717) is 11.5 Å². The minimum absolute atomic E-state index is 0.0632. The average Bonchev–Trinajstić information content (AvgIpc) is 2.91. The van der Waals surface area contributed by atoms with Gasteiger partial charge in [0, 0.05) is 11.8 Å². The van der Waals surface area contributed by atoms with E-state index >= 15 is 0 Å². The van der Waals surface area contributed by atoms with Crippen LogP contribution in [-0.2, 0) is 5.41 Å². The van der Waals surface area contributed by atoms with Gasteiger partial charge in [-0.1, -0.05) is 38.5 Å². The summed E-state index contributed by atoms with van der Waals surface area (Å²) in [4.78, 5) is 17.2. The number of aliphatic hydroxyl groups is 1. The Hall–Kier alpha value is -2.46. The molecule has 1 saturated carbocycles. The van der Waals surface area contributed by atoms with Gasteiger partial charge in [0.05, 0.1) is 17.0 Å². The van der Waals surface area contributed by atoms with Gasteiger partial charge in [0.2, 0.25) is 0 Å². The van der Waals surface area contributed by atoms with E-state index < -0.39 is 5.60 Å². The minimum atomic E-state index is -0.530. The van der Waals surface area contributed by atoms with Crippen LogP contribution >= 0.6 is 0 Å². The normalized spacial score (nSPS) is 27.2. The van der Waals surface area contributed by atoms with E-state index in [0.717, 1.165) is 61.9 Å². The molecule has 0 radical (unpaired) electrons. The Morgan fingerprint density at radius 2 is 2.10 bits per heavy atom. The van der Waals surface area contributed by atoms with Crippen molar-refractivity contribution in [2.75, 3.05) is 5.32 Å². The molecule has 1 heterocycles. The monoisotopic (exact) mass is 418 g/mol. The van der Waals surface area contributed by atoms with E-state index in [1.807, 2.05) is 31.2 Å². The molecular formula is C27H34N2O2. The largest absolute Gasteiger partial charge is 0.390 e. The van der Waals surface area contributed by atoms with Gasteiger partial charge >= 0.3 is 0 Å². The van der Waals surface area contributed by atoms with Gasteiger partial charge in [-0.15, -0.1) is 0 Å². The molecule has 164 valence electrons. The van der Waals surface area contributed by atoms with E-state index in [4.69, 9.17) is 0 Å². The number of fused-ring (bicyclic) bond motifs is 3. The van der Waals surface area contributed by atoms with Crippen molar-refractivity contribution in [2.24, 2.45) is 5.92 Å². The number of aryl methyl sites for hydroxylation is 1. The summed E-state index contributed by atoms with van der Waals surface area (Å²) in [6, 6.07) is 9.85. The Morgan fingerprint density at radius 1 is 1.26 bits per heavy atom. The molecule has 0 bridgehead atoms. The number of amides is 1. The Kier molecular flexibility index (Phi) is 6.02. The van der Waals surface area contributed by atoms with Crippen LogP contribution in [0.2, 0.25) is 0 Å². The fraction of sp³-hybridized carbons (Fsp3) is 0.481. The molecule has 1 aromatic heterocycles. The van der Waals surface area contributed by atoms with Crippen LogP contribution in [0.5, 0.6) is 0 Å². The number of nitrogens with one attached hydrogen (secondary N) is 1. The first-order valence-electron chi connectivity index (χ1n) is 11.7. The maximum Gasteiger partial charge on any atom is 0.255 e. The summed E-state index contributed by atoms with van der Waals surface area (Å²) in [6.07, 6.45) is 12.8. The molecule has 4 heteroatoms. The SMILES string of the molecule is CCCC1(O)CCC2(CC)c3ccc(C(=O)Nc4cccnc4C)cc3C=CCC2C1. The van der Waals surface area contributed by atoms with Gasteiger partial charge in [0.25, 0.3) is 5.91 Å². The number of benzene rings is 1. The van der Waals surface area contributed by atoms with Crippen molar-refractivity contribution in [1.29, 1.82) is 0 Å². The molecular weight excluding hydrogens is 384 g/mol. The van der Waals surface area contributed by atoms with Gasteiger partial charge in [0.1, 0.15) is 0 Å². The summed E-state index contributed by atoms with van der Waals surface area (Å²) in [5.41, 5.74) is 4.22. The molecule has 3 unspecified atom stereocenters. The summed E-state index contributed by atoms with van der Waals surface area (Å²) < 4.78 is 0. The lowest BCUT2D eigenvalue weighted by Crippen LogP contribution is -2.47. The fourth-order valence-electron chi connectivity index (χ4n) is 5.89. The smallest absolute Gasteiger partial charge is 0.255 e. The van der Waals surface area contributed by atoms with Gasteiger partial charge in [-0.2, -0.15) is 0 Å². The van der Waals surface area contributed by atoms with Gasteiger partial charge < -0.3 is 10.4 Å². The lowest BCUT2D eigenvalue weighted by atomic mass is 9.56. The predicted molar refractivity (Wildman–Crippen MR) is 126 cm³/mol. The number of hydrogen-bond donors (Lipinski definition) is 2. The Labute approximate surface area is 185 Å². The Balaban J connectivity index is 1.65. The summed E-state index contributed by atoms with van der Waals surface area (Å²) in [5, 5.41) is 14.2. The third-order valence-corrected chi connectivity index (χ3v) is 7.61.